The lowest BCUT2D eigenvalue weighted by atomic mass is 10.1. The quantitative estimate of drug-likeness (QED) is 0.468. The van der Waals surface area contributed by atoms with Crippen LogP contribution in [-0.4, -0.2) is 43.9 Å². The van der Waals surface area contributed by atoms with Crippen molar-refractivity contribution in [1.29, 1.82) is 0 Å². The van der Waals surface area contributed by atoms with Gasteiger partial charge in [-0.2, -0.15) is 0 Å². The molecule has 0 aliphatic rings. The van der Waals surface area contributed by atoms with E-state index in [2.05, 4.69) is 22.1 Å². The highest BCUT2D eigenvalue weighted by Crippen LogP contribution is 2.39. The van der Waals surface area contributed by atoms with Crippen LogP contribution in [0.4, 0.5) is 0 Å². The molecular weight excluding hydrogens is 420 g/mol. The molecule has 2 aromatic carbocycles. The highest BCUT2D eigenvalue weighted by molar-refractivity contribution is 5.95. The Kier molecular flexibility index (Phi) is 8.78. The summed E-state index contributed by atoms with van der Waals surface area (Å²) < 4.78 is 22.6. The number of nitrogens with zero attached hydrogens (tertiary/aromatic N) is 1. The molecule has 0 aliphatic carbocycles. The fourth-order valence-corrected chi connectivity index (χ4v) is 3.12. The van der Waals surface area contributed by atoms with Crippen LogP contribution in [0.1, 0.15) is 31.1 Å². The molecule has 0 atom stereocenters. The average molecular weight is 449 g/mol. The van der Waals surface area contributed by atoms with Gasteiger partial charge in [-0.1, -0.05) is 17.9 Å². The first-order valence-corrected chi connectivity index (χ1v) is 10.9. The number of carbonyl (C=O) groups is 1. The van der Waals surface area contributed by atoms with Crippen molar-refractivity contribution < 1.29 is 23.7 Å². The molecule has 3 aromatic rings. The van der Waals surface area contributed by atoms with Crippen LogP contribution in [0.2, 0.25) is 0 Å². The molecular formula is C26H28N2O5. The molecule has 0 saturated carbocycles. The molecule has 7 nitrogen and oxygen atoms in total. The van der Waals surface area contributed by atoms with Gasteiger partial charge in [0.1, 0.15) is 12.4 Å². The number of fused-ring (bicyclic) bond motifs is 1. The Labute approximate surface area is 194 Å². The van der Waals surface area contributed by atoms with Crippen LogP contribution in [0.15, 0.2) is 48.7 Å². The van der Waals surface area contributed by atoms with Gasteiger partial charge < -0.3 is 24.3 Å². The highest BCUT2D eigenvalue weighted by Gasteiger charge is 2.18. The minimum atomic E-state index is -0.282. The van der Waals surface area contributed by atoms with E-state index in [1.807, 2.05) is 51.1 Å². The second kappa shape index (κ2) is 12.2. The third kappa shape index (κ3) is 6.53. The van der Waals surface area contributed by atoms with E-state index in [0.29, 0.717) is 48.4 Å². The van der Waals surface area contributed by atoms with Crippen molar-refractivity contribution in [1.82, 2.24) is 10.3 Å². The van der Waals surface area contributed by atoms with Gasteiger partial charge in [-0.15, -0.1) is 0 Å². The zero-order chi connectivity index (χ0) is 23.5. The molecule has 1 aromatic heterocycles. The van der Waals surface area contributed by atoms with E-state index in [9.17, 15) is 4.79 Å². The molecule has 0 spiro atoms. The van der Waals surface area contributed by atoms with E-state index in [-0.39, 0.29) is 19.1 Å². The van der Waals surface area contributed by atoms with Crippen molar-refractivity contribution in [3.8, 4) is 34.8 Å². The minimum absolute atomic E-state index is 0.183. The number of aromatic nitrogens is 1. The van der Waals surface area contributed by atoms with Gasteiger partial charge in [-0.3, -0.25) is 9.78 Å². The van der Waals surface area contributed by atoms with Crippen LogP contribution in [0.3, 0.4) is 0 Å². The maximum Gasteiger partial charge on any atom is 0.252 e. The Hall–Kier alpha value is -3.92. The monoisotopic (exact) mass is 448 g/mol. The number of carbonyl (C=O) groups excluding carboxylic acids is 1. The lowest BCUT2D eigenvalue weighted by Crippen LogP contribution is -2.24. The standard InChI is InChI=1S/C26H28N2O5/c1-4-30-23-16-20(17-24(31-5-2)25(23)32-6-3)26(29)28-13-7-8-15-33-21-12-11-19-10-9-14-27-22(19)18-21/h9-12,14,16-18H,4-6,13,15H2,1-3H3,(H,28,29). The van der Waals surface area contributed by atoms with Gasteiger partial charge >= 0.3 is 0 Å². The molecule has 0 bridgehead atoms. The molecule has 3 rings (SSSR count). The molecule has 33 heavy (non-hydrogen) atoms. The van der Waals surface area contributed by atoms with Crippen molar-refractivity contribution >= 4 is 16.8 Å². The molecule has 1 amide bonds. The molecule has 0 aliphatic heterocycles. The van der Waals surface area contributed by atoms with Gasteiger partial charge in [0.05, 0.1) is 31.9 Å². The molecule has 0 fully saturated rings. The van der Waals surface area contributed by atoms with Crippen LogP contribution in [-0.2, 0) is 0 Å². The zero-order valence-corrected chi connectivity index (χ0v) is 19.1. The van der Waals surface area contributed by atoms with E-state index in [1.165, 1.54) is 0 Å². The summed E-state index contributed by atoms with van der Waals surface area (Å²) in [5, 5.41) is 3.83. The van der Waals surface area contributed by atoms with Gasteiger partial charge in [-0.05, 0) is 51.1 Å². The van der Waals surface area contributed by atoms with Gasteiger partial charge in [0, 0.05) is 23.2 Å². The van der Waals surface area contributed by atoms with Crippen molar-refractivity contribution in [2.24, 2.45) is 0 Å². The lowest BCUT2D eigenvalue weighted by Gasteiger charge is -2.16. The first kappa shape index (κ1) is 23.7. The topological polar surface area (TPSA) is 78.9 Å². The Morgan fingerprint density at radius 3 is 2.33 bits per heavy atom. The normalized spacial score (nSPS) is 10.2. The maximum atomic E-state index is 12.6. The third-order valence-corrected chi connectivity index (χ3v) is 4.52. The van der Waals surface area contributed by atoms with Gasteiger partial charge in [0.15, 0.2) is 11.5 Å². The number of hydrogen-bond acceptors (Lipinski definition) is 6. The number of hydrogen-bond donors (Lipinski definition) is 1. The van der Waals surface area contributed by atoms with E-state index >= 15 is 0 Å². The van der Waals surface area contributed by atoms with Crippen molar-refractivity contribution in [3.63, 3.8) is 0 Å². The summed E-state index contributed by atoms with van der Waals surface area (Å²) in [4.78, 5) is 16.9. The number of nitrogens with one attached hydrogen (secondary N) is 1. The van der Waals surface area contributed by atoms with E-state index in [4.69, 9.17) is 18.9 Å². The summed E-state index contributed by atoms with van der Waals surface area (Å²) in [6.45, 7) is 7.35. The summed E-state index contributed by atoms with van der Waals surface area (Å²) in [5.41, 5.74) is 1.27. The fraction of sp³-hybridized carbons (Fsp3) is 0.308. The second-order valence-corrected chi connectivity index (χ2v) is 6.78. The molecule has 0 unspecified atom stereocenters. The third-order valence-electron chi connectivity index (χ3n) is 4.52. The molecule has 1 N–H and O–H groups in total. The Bertz CT molecular complexity index is 1120. The predicted octanol–water partition coefficient (Wildman–Crippen LogP) is 4.24. The fourth-order valence-electron chi connectivity index (χ4n) is 3.12. The number of ether oxygens (including phenoxy) is 4. The maximum absolute atomic E-state index is 12.6. The SMILES string of the molecule is CCOc1cc(C(=O)NCC#CCOc2ccc3cccnc3c2)cc(OCC)c1OCC. The minimum Gasteiger partial charge on any atom is -0.490 e. The van der Waals surface area contributed by atoms with Crippen LogP contribution in [0.5, 0.6) is 23.0 Å². The first-order valence-electron chi connectivity index (χ1n) is 10.9. The average Bonchev–Trinajstić information content (AvgIpc) is 2.83. The lowest BCUT2D eigenvalue weighted by molar-refractivity contribution is 0.0957. The summed E-state index contributed by atoms with van der Waals surface area (Å²) in [6.07, 6.45) is 1.74. The van der Waals surface area contributed by atoms with E-state index in [1.54, 1.807) is 18.3 Å². The van der Waals surface area contributed by atoms with E-state index in [0.717, 1.165) is 10.9 Å². The zero-order valence-electron chi connectivity index (χ0n) is 19.1. The van der Waals surface area contributed by atoms with Crippen molar-refractivity contribution in [3.05, 3.63) is 54.2 Å². The summed E-state index contributed by atoms with van der Waals surface area (Å²) >= 11 is 0. The van der Waals surface area contributed by atoms with E-state index < -0.39 is 0 Å². The number of rotatable bonds is 10. The van der Waals surface area contributed by atoms with Crippen LogP contribution in [0, 0.1) is 11.8 Å². The van der Waals surface area contributed by atoms with Gasteiger partial charge in [0.2, 0.25) is 5.75 Å². The van der Waals surface area contributed by atoms with Crippen LogP contribution in [0.25, 0.3) is 10.9 Å². The number of benzene rings is 2. The second-order valence-electron chi connectivity index (χ2n) is 6.78. The van der Waals surface area contributed by atoms with Crippen LogP contribution < -0.4 is 24.3 Å². The summed E-state index contributed by atoms with van der Waals surface area (Å²) in [7, 11) is 0. The van der Waals surface area contributed by atoms with Gasteiger partial charge in [0.25, 0.3) is 5.91 Å². The van der Waals surface area contributed by atoms with Crippen molar-refractivity contribution in [2.75, 3.05) is 33.0 Å². The first-order chi connectivity index (χ1) is 16.2. The molecule has 0 radical (unpaired) electrons. The Balaban J connectivity index is 1.58. The smallest absolute Gasteiger partial charge is 0.252 e. The molecule has 0 saturated heterocycles. The molecule has 1 heterocycles. The largest absolute Gasteiger partial charge is 0.490 e. The summed E-state index contributed by atoms with van der Waals surface area (Å²) in [5.74, 6) is 7.65. The Morgan fingerprint density at radius 1 is 0.909 bits per heavy atom. The predicted molar refractivity (Wildman–Crippen MR) is 127 cm³/mol. The van der Waals surface area contributed by atoms with Crippen LogP contribution >= 0.6 is 0 Å². The Morgan fingerprint density at radius 2 is 1.64 bits per heavy atom. The summed E-state index contributed by atoms with van der Waals surface area (Å²) in [6, 6.07) is 12.9. The number of amides is 1. The molecule has 7 heteroatoms. The highest BCUT2D eigenvalue weighted by atomic mass is 16.5. The number of pyridine rings is 1. The van der Waals surface area contributed by atoms with Crippen molar-refractivity contribution in [2.45, 2.75) is 20.8 Å². The molecule has 172 valence electrons. The van der Waals surface area contributed by atoms with Gasteiger partial charge in [-0.25, -0.2) is 0 Å².